The van der Waals surface area contributed by atoms with E-state index in [4.69, 9.17) is 23.2 Å². The van der Waals surface area contributed by atoms with Crippen molar-refractivity contribution in [3.63, 3.8) is 0 Å². The van der Waals surface area contributed by atoms with Crippen molar-refractivity contribution < 1.29 is 5.11 Å². The van der Waals surface area contributed by atoms with Gasteiger partial charge in [0.15, 0.2) is 0 Å². The molecule has 13 heavy (non-hydrogen) atoms. The van der Waals surface area contributed by atoms with Crippen LogP contribution in [0.15, 0.2) is 18.2 Å². The maximum atomic E-state index is 9.42. The van der Waals surface area contributed by atoms with E-state index in [1.807, 2.05) is 19.1 Å². The second-order valence-electron chi connectivity index (χ2n) is 2.98. The zero-order chi connectivity index (χ0) is 9.84. The van der Waals surface area contributed by atoms with Crippen molar-refractivity contribution in [1.82, 2.24) is 0 Å². The third kappa shape index (κ3) is 2.87. The van der Waals surface area contributed by atoms with Crippen molar-refractivity contribution in [3.8, 4) is 0 Å². The highest BCUT2D eigenvalue weighted by Crippen LogP contribution is 2.26. The van der Waals surface area contributed by atoms with Crippen LogP contribution in [0.2, 0.25) is 10.0 Å². The van der Waals surface area contributed by atoms with Crippen molar-refractivity contribution in [2.75, 3.05) is 0 Å². The van der Waals surface area contributed by atoms with E-state index in [1.54, 1.807) is 6.07 Å². The fourth-order valence-electron chi connectivity index (χ4n) is 1.10. The van der Waals surface area contributed by atoms with Crippen LogP contribution in [0.4, 0.5) is 0 Å². The molecule has 0 aliphatic carbocycles. The van der Waals surface area contributed by atoms with Gasteiger partial charge in [0.05, 0.1) is 16.1 Å². The van der Waals surface area contributed by atoms with Crippen molar-refractivity contribution in [2.24, 2.45) is 0 Å². The summed E-state index contributed by atoms with van der Waals surface area (Å²) in [5.74, 6) is 0. The Labute approximate surface area is 88.3 Å². The molecule has 0 aromatic heterocycles. The predicted molar refractivity (Wildman–Crippen MR) is 56.5 cm³/mol. The van der Waals surface area contributed by atoms with E-state index in [1.165, 1.54) is 0 Å². The average molecular weight is 219 g/mol. The Morgan fingerprint density at radius 3 is 2.69 bits per heavy atom. The molecule has 1 atom stereocenters. The minimum absolute atomic E-state index is 0.337. The fraction of sp³-hybridized carbons (Fsp3) is 0.400. The second kappa shape index (κ2) is 4.85. The van der Waals surface area contributed by atoms with Crippen molar-refractivity contribution in [1.29, 1.82) is 0 Å². The number of hydrogen-bond donors (Lipinski definition) is 1. The van der Waals surface area contributed by atoms with Crippen LogP contribution >= 0.6 is 23.2 Å². The Morgan fingerprint density at radius 2 is 2.08 bits per heavy atom. The number of rotatable bonds is 3. The summed E-state index contributed by atoms with van der Waals surface area (Å²) >= 11 is 11.8. The van der Waals surface area contributed by atoms with Crippen LogP contribution in [0.5, 0.6) is 0 Å². The maximum absolute atomic E-state index is 9.42. The van der Waals surface area contributed by atoms with Crippen LogP contribution in [-0.4, -0.2) is 11.2 Å². The topological polar surface area (TPSA) is 20.2 Å². The van der Waals surface area contributed by atoms with E-state index in [0.29, 0.717) is 16.5 Å². The number of aliphatic hydroxyl groups is 1. The Bertz CT molecular complexity index is 286. The van der Waals surface area contributed by atoms with Crippen LogP contribution < -0.4 is 0 Å². The molecule has 1 aromatic rings. The summed E-state index contributed by atoms with van der Waals surface area (Å²) < 4.78 is 0. The van der Waals surface area contributed by atoms with Gasteiger partial charge in [-0.2, -0.15) is 0 Å². The van der Waals surface area contributed by atoms with Gasteiger partial charge in [-0.3, -0.25) is 0 Å². The van der Waals surface area contributed by atoms with E-state index in [9.17, 15) is 5.11 Å². The first-order chi connectivity index (χ1) is 6.15. The molecule has 0 aliphatic heterocycles. The summed E-state index contributed by atoms with van der Waals surface area (Å²) in [5, 5.41) is 10.5. The van der Waals surface area contributed by atoms with Gasteiger partial charge in [0.1, 0.15) is 0 Å². The largest absolute Gasteiger partial charge is 0.393 e. The van der Waals surface area contributed by atoms with Crippen LogP contribution in [-0.2, 0) is 6.42 Å². The average Bonchev–Trinajstić information content (AvgIpc) is 2.13. The van der Waals surface area contributed by atoms with Crippen LogP contribution in [0, 0.1) is 0 Å². The Hall–Kier alpha value is -0.240. The van der Waals surface area contributed by atoms with Gasteiger partial charge >= 0.3 is 0 Å². The van der Waals surface area contributed by atoms with Crippen LogP contribution in [0.3, 0.4) is 0 Å². The van der Waals surface area contributed by atoms with Gasteiger partial charge in [0, 0.05) is 0 Å². The molecule has 0 radical (unpaired) electrons. The Balaban J connectivity index is 2.83. The lowest BCUT2D eigenvalue weighted by Gasteiger charge is -2.09. The Kier molecular flexibility index (Phi) is 4.04. The monoisotopic (exact) mass is 218 g/mol. The van der Waals surface area contributed by atoms with Gasteiger partial charge in [0.25, 0.3) is 0 Å². The molecule has 0 bridgehead atoms. The molecule has 72 valence electrons. The summed E-state index contributed by atoms with van der Waals surface area (Å²) in [6.07, 6.45) is 0.953. The van der Waals surface area contributed by atoms with E-state index >= 15 is 0 Å². The second-order valence-corrected chi connectivity index (χ2v) is 3.76. The highest BCUT2D eigenvalue weighted by Gasteiger charge is 2.08. The third-order valence-electron chi connectivity index (χ3n) is 1.96. The van der Waals surface area contributed by atoms with E-state index in [2.05, 4.69) is 0 Å². The van der Waals surface area contributed by atoms with Gasteiger partial charge in [0.2, 0.25) is 0 Å². The molecule has 0 fully saturated rings. The summed E-state index contributed by atoms with van der Waals surface area (Å²) in [6, 6.07) is 5.46. The minimum Gasteiger partial charge on any atom is -0.393 e. The SMILES string of the molecule is CCC(O)Cc1cccc(Cl)c1Cl. The fourth-order valence-corrected chi connectivity index (χ4v) is 1.50. The molecular formula is C10H12Cl2O. The van der Waals surface area contributed by atoms with Crippen molar-refractivity contribution in [3.05, 3.63) is 33.8 Å². The lowest BCUT2D eigenvalue weighted by Crippen LogP contribution is -2.08. The molecule has 0 aliphatic rings. The number of halogens is 2. The summed E-state index contributed by atoms with van der Waals surface area (Å²) in [5.41, 5.74) is 0.906. The van der Waals surface area contributed by atoms with Gasteiger partial charge < -0.3 is 5.11 Å². The lowest BCUT2D eigenvalue weighted by atomic mass is 10.1. The lowest BCUT2D eigenvalue weighted by molar-refractivity contribution is 0.171. The smallest absolute Gasteiger partial charge is 0.0625 e. The number of aliphatic hydroxyl groups excluding tert-OH is 1. The quantitative estimate of drug-likeness (QED) is 0.826. The van der Waals surface area contributed by atoms with Gasteiger partial charge in [-0.1, -0.05) is 42.3 Å². The highest BCUT2D eigenvalue weighted by molar-refractivity contribution is 6.42. The van der Waals surface area contributed by atoms with Crippen LogP contribution in [0.1, 0.15) is 18.9 Å². The van der Waals surface area contributed by atoms with Crippen molar-refractivity contribution in [2.45, 2.75) is 25.9 Å². The van der Waals surface area contributed by atoms with Crippen molar-refractivity contribution >= 4 is 23.2 Å². The maximum Gasteiger partial charge on any atom is 0.0625 e. The van der Waals surface area contributed by atoms with Gasteiger partial charge in [-0.25, -0.2) is 0 Å². The highest BCUT2D eigenvalue weighted by atomic mass is 35.5. The molecule has 0 spiro atoms. The first-order valence-electron chi connectivity index (χ1n) is 4.26. The molecule has 0 heterocycles. The molecule has 1 unspecified atom stereocenters. The Morgan fingerprint density at radius 1 is 1.38 bits per heavy atom. The molecule has 0 amide bonds. The summed E-state index contributed by atoms with van der Waals surface area (Å²) in [7, 11) is 0. The summed E-state index contributed by atoms with van der Waals surface area (Å²) in [4.78, 5) is 0. The summed E-state index contributed by atoms with van der Waals surface area (Å²) in [6.45, 7) is 1.93. The predicted octanol–water partition coefficient (Wildman–Crippen LogP) is 3.31. The normalized spacial score (nSPS) is 12.9. The molecule has 0 saturated heterocycles. The first-order valence-corrected chi connectivity index (χ1v) is 5.01. The molecular weight excluding hydrogens is 207 g/mol. The van der Waals surface area contributed by atoms with E-state index < -0.39 is 0 Å². The van der Waals surface area contributed by atoms with Crippen LogP contribution in [0.25, 0.3) is 0 Å². The molecule has 3 heteroatoms. The molecule has 1 aromatic carbocycles. The molecule has 1 rings (SSSR count). The van der Waals surface area contributed by atoms with E-state index in [0.717, 1.165) is 12.0 Å². The van der Waals surface area contributed by atoms with E-state index in [-0.39, 0.29) is 6.10 Å². The molecule has 1 N–H and O–H groups in total. The molecule has 1 nitrogen and oxygen atoms in total. The zero-order valence-corrected chi connectivity index (χ0v) is 8.94. The minimum atomic E-state index is -0.337. The van der Waals surface area contributed by atoms with Gasteiger partial charge in [-0.15, -0.1) is 0 Å². The van der Waals surface area contributed by atoms with Gasteiger partial charge in [-0.05, 0) is 24.5 Å². The zero-order valence-electron chi connectivity index (χ0n) is 7.43. The first kappa shape index (κ1) is 10.8. The number of benzene rings is 1. The number of hydrogen-bond acceptors (Lipinski definition) is 1. The standard InChI is InChI=1S/C10H12Cl2O/c1-2-8(13)6-7-4-3-5-9(11)10(7)12/h3-5,8,13H,2,6H2,1H3. The molecule has 0 saturated carbocycles. The third-order valence-corrected chi connectivity index (χ3v) is 2.82.